The molecule has 1 aromatic carbocycles. The molecular formula is C16H19N5OS. The second-order valence-electron chi connectivity index (χ2n) is 5.22. The van der Waals surface area contributed by atoms with E-state index in [9.17, 15) is 0 Å². The Balaban J connectivity index is 1.65. The predicted molar refractivity (Wildman–Crippen MR) is 88.5 cm³/mol. The maximum Gasteiger partial charge on any atom is 0.239 e. The molecule has 2 heterocycles. The molecule has 0 aliphatic rings. The van der Waals surface area contributed by atoms with Gasteiger partial charge in [0.1, 0.15) is 6.33 Å². The van der Waals surface area contributed by atoms with Crippen LogP contribution in [0.2, 0.25) is 0 Å². The summed E-state index contributed by atoms with van der Waals surface area (Å²) in [6.07, 6.45) is 4.77. The molecule has 0 aliphatic carbocycles. The predicted octanol–water partition coefficient (Wildman–Crippen LogP) is 3.85. The molecule has 3 aromatic rings. The minimum absolute atomic E-state index is 0.0181. The molecule has 0 saturated heterocycles. The van der Waals surface area contributed by atoms with E-state index in [-0.39, 0.29) is 5.25 Å². The normalized spacial score (nSPS) is 12.4. The summed E-state index contributed by atoms with van der Waals surface area (Å²) in [5, 5.41) is 9.21. The highest BCUT2D eigenvalue weighted by atomic mass is 32.2. The molecule has 0 N–H and O–H groups in total. The molecule has 0 bridgehead atoms. The molecule has 0 fully saturated rings. The van der Waals surface area contributed by atoms with Crippen LogP contribution in [0.4, 0.5) is 0 Å². The van der Waals surface area contributed by atoms with E-state index in [1.165, 1.54) is 11.8 Å². The largest absolute Gasteiger partial charge is 0.338 e. The van der Waals surface area contributed by atoms with Crippen molar-refractivity contribution in [2.24, 2.45) is 0 Å². The topological polar surface area (TPSA) is 69.6 Å². The van der Waals surface area contributed by atoms with E-state index in [2.05, 4.69) is 27.1 Å². The van der Waals surface area contributed by atoms with Crippen LogP contribution in [-0.4, -0.2) is 24.9 Å². The van der Waals surface area contributed by atoms with Gasteiger partial charge in [-0.05, 0) is 25.5 Å². The fraction of sp³-hybridized carbons (Fsp3) is 0.375. The Morgan fingerprint density at radius 1 is 1.26 bits per heavy atom. The first-order valence-corrected chi connectivity index (χ1v) is 8.60. The molecule has 0 amide bonds. The number of aryl methyl sites for hydroxylation is 1. The number of nitrogens with zero attached hydrogens (tertiary/aromatic N) is 5. The lowest BCUT2D eigenvalue weighted by molar-refractivity contribution is 0.374. The summed E-state index contributed by atoms with van der Waals surface area (Å²) in [5.74, 6) is 1.40. The van der Waals surface area contributed by atoms with Crippen molar-refractivity contribution in [3.8, 4) is 5.69 Å². The summed E-state index contributed by atoms with van der Waals surface area (Å²) in [4.78, 5) is 8.79. The molecule has 6 nitrogen and oxygen atoms in total. The Hall–Kier alpha value is -2.15. The number of unbranched alkanes of at least 4 members (excludes halogenated alkanes) is 1. The minimum Gasteiger partial charge on any atom is -0.338 e. The summed E-state index contributed by atoms with van der Waals surface area (Å²) in [6, 6.07) is 9.91. The van der Waals surface area contributed by atoms with Gasteiger partial charge in [-0.3, -0.25) is 0 Å². The van der Waals surface area contributed by atoms with Crippen LogP contribution >= 0.6 is 11.8 Å². The van der Waals surface area contributed by atoms with Crippen LogP contribution in [0, 0.1) is 0 Å². The summed E-state index contributed by atoms with van der Waals surface area (Å²) >= 11 is 1.51. The van der Waals surface area contributed by atoms with Crippen LogP contribution in [0.3, 0.4) is 0 Å². The minimum atomic E-state index is 0.0181. The molecule has 120 valence electrons. The Kier molecular flexibility index (Phi) is 5.07. The molecular weight excluding hydrogens is 310 g/mol. The third-order valence-corrected chi connectivity index (χ3v) is 4.31. The van der Waals surface area contributed by atoms with Gasteiger partial charge >= 0.3 is 0 Å². The Morgan fingerprint density at radius 2 is 2.09 bits per heavy atom. The molecule has 3 rings (SSSR count). The van der Waals surface area contributed by atoms with Crippen molar-refractivity contribution in [1.82, 2.24) is 24.9 Å². The fourth-order valence-electron chi connectivity index (χ4n) is 2.08. The average Bonchev–Trinajstić information content (AvgIpc) is 3.23. The molecule has 0 radical (unpaired) electrons. The lowest BCUT2D eigenvalue weighted by Gasteiger charge is -2.02. The number of thioether (sulfide) groups is 1. The van der Waals surface area contributed by atoms with Crippen LogP contribution in [0.15, 0.2) is 46.3 Å². The second-order valence-corrected chi connectivity index (χ2v) is 6.53. The summed E-state index contributed by atoms with van der Waals surface area (Å²) < 4.78 is 7.10. The molecule has 2 aromatic heterocycles. The first-order valence-electron chi connectivity index (χ1n) is 7.72. The molecule has 0 spiro atoms. The van der Waals surface area contributed by atoms with Crippen molar-refractivity contribution < 1.29 is 4.52 Å². The maximum absolute atomic E-state index is 5.34. The van der Waals surface area contributed by atoms with Crippen LogP contribution in [0.1, 0.15) is 43.7 Å². The monoisotopic (exact) mass is 329 g/mol. The van der Waals surface area contributed by atoms with E-state index in [0.29, 0.717) is 11.0 Å². The number of hydrogen-bond acceptors (Lipinski definition) is 6. The highest BCUT2D eigenvalue weighted by molar-refractivity contribution is 7.99. The first-order chi connectivity index (χ1) is 11.3. The fourth-order valence-corrected chi connectivity index (χ4v) is 2.84. The van der Waals surface area contributed by atoms with Gasteiger partial charge in [-0.25, -0.2) is 9.67 Å². The zero-order valence-electron chi connectivity index (χ0n) is 13.2. The Labute approximate surface area is 139 Å². The lowest BCUT2D eigenvalue weighted by atomic mass is 10.2. The van der Waals surface area contributed by atoms with Crippen LogP contribution in [0.25, 0.3) is 5.69 Å². The summed E-state index contributed by atoms with van der Waals surface area (Å²) in [7, 11) is 0. The van der Waals surface area contributed by atoms with Crippen molar-refractivity contribution in [1.29, 1.82) is 0 Å². The standard InChI is InChI=1S/C16H19N5OS/c1-3-4-10-14-18-15(22-20-14)12(2)23-16-17-11-21(19-16)13-8-6-5-7-9-13/h5-9,11-12H,3-4,10H2,1-2H3. The van der Waals surface area contributed by atoms with Crippen molar-refractivity contribution in [2.45, 2.75) is 43.5 Å². The molecule has 23 heavy (non-hydrogen) atoms. The quantitative estimate of drug-likeness (QED) is 0.613. The molecule has 1 unspecified atom stereocenters. The summed E-state index contributed by atoms with van der Waals surface area (Å²) in [6.45, 7) is 4.17. The number of aromatic nitrogens is 5. The van der Waals surface area contributed by atoms with Crippen LogP contribution in [0.5, 0.6) is 0 Å². The van der Waals surface area contributed by atoms with Gasteiger partial charge in [0.2, 0.25) is 11.0 Å². The van der Waals surface area contributed by atoms with Gasteiger partial charge in [0.15, 0.2) is 5.82 Å². The zero-order chi connectivity index (χ0) is 16.1. The van der Waals surface area contributed by atoms with Crippen molar-refractivity contribution in [3.05, 3.63) is 48.4 Å². The van der Waals surface area contributed by atoms with Crippen LogP contribution < -0.4 is 0 Å². The van der Waals surface area contributed by atoms with Gasteiger partial charge in [-0.2, -0.15) is 4.98 Å². The molecule has 7 heteroatoms. The zero-order valence-corrected chi connectivity index (χ0v) is 14.0. The van der Waals surface area contributed by atoms with E-state index < -0.39 is 0 Å². The summed E-state index contributed by atoms with van der Waals surface area (Å²) in [5.41, 5.74) is 0.985. The number of benzene rings is 1. The third kappa shape index (κ3) is 3.98. The van der Waals surface area contributed by atoms with E-state index >= 15 is 0 Å². The number of hydrogen-bond donors (Lipinski definition) is 0. The second kappa shape index (κ2) is 7.41. The smallest absolute Gasteiger partial charge is 0.239 e. The van der Waals surface area contributed by atoms with E-state index in [4.69, 9.17) is 4.52 Å². The van der Waals surface area contributed by atoms with Crippen molar-refractivity contribution >= 4 is 11.8 Å². The highest BCUT2D eigenvalue weighted by Gasteiger charge is 2.17. The van der Waals surface area contributed by atoms with Gasteiger partial charge < -0.3 is 4.52 Å². The van der Waals surface area contributed by atoms with Gasteiger partial charge in [-0.1, -0.05) is 48.5 Å². The number of rotatable bonds is 7. The molecule has 0 aliphatic heterocycles. The lowest BCUT2D eigenvalue weighted by Crippen LogP contribution is -1.95. The van der Waals surface area contributed by atoms with Gasteiger partial charge in [0.25, 0.3) is 0 Å². The molecule has 1 atom stereocenters. The third-order valence-electron chi connectivity index (χ3n) is 3.36. The van der Waals surface area contributed by atoms with Crippen molar-refractivity contribution in [3.63, 3.8) is 0 Å². The maximum atomic E-state index is 5.34. The Morgan fingerprint density at radius 3 is 2.87 bits per heavy atom. The van der Waals surface area contributed by atoms with E-state index in [0.717, 1.165) is 30.8 Å². The van der Waals surface area contributed by atoms with E-state index in [1.807, 2.05) is 37.3 Å². The highest BCUT2D eigenvalue weighted by Crippen LogP contribution is 2.31. The number of para-hydroxylation sites is 1. The van der Waals surface area contributed by atoms with Crippen LogP contribution in [-0.2, 0) is 6.42 Å². The molecule has 0 saturated carbocycles. The first kappa shape index (κ1) is 15.7. The average molecular weight is 329 g/mol. The van der Waals surface area contributed by atoms with Gasteiger partial charge in [0.05, 0.1) is 10.9 Å². The Bertz CT molecular complexity index is 740. The SMILES string of the molecule is CCCCc1noc(C(C)Sc2ncn(-c3ccccc3)n2)n1. The van der Waals surface area contributed by atoms with E-state index in [1.54, 1.807) is 11.0 Å². The van der Waals surface area contributed by atoms with Gasteiger partial charge in [-0.15, -0.1) is 5.10 Å². The van der Waals surface area contributed by atoms with Crippen molar-refractivity contribution in [2.75, 3.05) is 0 Å². The van der Waals surface area contributed by atoms with Gasteiger partial charge in [0, 0.05) is 6.42 Å².